The zero-order valence-corrected chi connectivity index (χ0v) is 34.1. The van der Waals surface area contributed by atoms with Crippen molar-refractivity contribution in [3.8, 4) is 39.5 Å². The molecule has 0 saturated carbocycles. The predicted molar refractivity (Wildman–Crippen MR) is 242 cm³/mol. The highest BCUT2D eigenvalue weighted by Gasteiger charge is 2.51. The average molecular weight is 764 g/mol. The molecule has 2 aliphatic carbocycles. The first-order chi connectivity index (χ1) is 28.6. The lowest BCUT2D eigenvalue weighted by Crippen LogP contribution is -2.38. The second-order valence-electron chi connectivity index (χ2n) is 17.3. The van der Waals surface area contributed by atoms with Crippen LogP contribution in [0.3, 0.4) is 0 Å². The van der Waals surface area contributed by atoms with Crippen LogP contribution < -0.4 is 14.4 Å². The third-order valence-corrected chi connectivity index (χ3v) is 13.5. The zero-order valence-electron chi connectivity index (χ0n) is 34.1. The van der Waals surface area contributed by atoms with Crippen molar-refractivity contribution in [1.29, 1.82) is 0 Å². The Balaban J connectivity index is 1.19. The fraction of sp³-hybridized carbons (Fsp3) is 0.143. The fourth-order valence-electron chi connectivity index (χ4n) is 10.8. The molecule has 7 aromatic carbocycles. The van der Waals surface area contributed by atoms with Crippen molar-refractivity contribution >= 4 is 17.1 Å². The van der Waals surface area contributed by atoms with Crippen LogP contribution in [-0.4, -0.2) is 0 Å². The maximum absolute atomic E-state index is 6.88. The summed E-state index contributed by atoms with van der Waals surface area (Å²) in [6.45, 7) is 15.5. The molecule has 1 atom stereocenters. The van der Waals surface area contributed by atoms with Crippen molar-refractivity contribution in [2.45, 2.75) is 50.9 Å². The summed E-state index contributed by atoms with van der Waals surface area (Å²) in [6.07, 6.45) is 6.01. The monoisotopic (exact) mass is 763 g/mol. The molecular weight excluding hydrogens is 719 g/mol. The summed E-state index contributed by atoms with van der Waals surface area (Å²) in [5.74, 6) is 3.33. The summed E-state index contributed by atoms with van der Waals surface area (Å²) in [6, 6.07) is 55.5. The first-order valence-electron chi connectivity index (χ1n) is 20.6. The lowest BCUT2D eigenvalue weighted by Gasteiger charge is -2.45. The Hall–Kier alpha value is -6.84. The summed E-state index contributed by atoms with van der Waals surface area (Å²) in [4.78, 5) is 2.45. The molecule has 0 amide bonds. The van der Waals surface area contributed by atoms with Crippen LogP contribution in [0.4, 0.5) is 17.1 Å². The van der Waals surface area contributed by atoms with Crippen molar-refractivity contribution in [2.24, 2.45) is 0 Å². The highest BCUT2D eigenvalue weighted by Crippen LogP contribution is 2.61. The quantitative estimate of drug-likeness (QED) is 0.163. The Morgan fingerprint density at radius 3 is 1.42 bits per heavy atom. The van der Waals surface area contributed by atoms with E-state index in [0.29, 0.717) is 0 Å². The number of para-hydroxylation sites is 2. The molecule has 4 aliphatic rings. The van der Waals surface area contributed by atoms with Crippen LogP contribution >= 0.6 is 0 Å². The van der Waals surface area contributed by atoms with Crippen LogP contribution in [0, 0.1) is 0 Å². The number of nitrogens with zero attached hydrogens (tertiary/aromatic N) is 1. The SMILES string of the molecule is C=C/C=C\C1=C(C)Oc2ccccc2C12c1ccccc1Oc1ccc(N(c3ccc4c(c3)C(C)(C)c3ccccc3-4)c3ccc4c(c3)C(C)(C)c3ccccc3-4)cc12. The molecule has 11 rings (SSSR count). The molecule has 0 N–H and O–H groups in total. The van der Waals surface area contributed by atoms with Gasteiger partial charge in [-0.05, 0) is 106 Å². The number of hydrogen-bond acceptors (Lipinski definition) is 3. The molecule has 0 radical (unpaired) electrons. The minimum absolute atomic E-state index is 0.160. The summed E-state index contributed by atoms with van der Waals surface area (Å²) in [7, 11) is 0. The van der Waals surface area contributed by atoms with Gasteiger partial charge >= 0.3 is 0 Å². The lowest BCUT2D eigenvalue weighted by molar-refractivity contribution is 0.370. The minimum atomic E-state index is -0.743. The van der Waals surface area contributed by atoms with Gasteiger partial charge in [-0.25, -0.2) is 0 Å². The molecule has 0 saturated heterocycles. The second kappa shape index (κ2) is 12.6. The van der Waals surface area contributed by atoms with E-state index < -0.39 is 5.41 Å². The second-order valence-corrected chi connectivity index (χ2v) is 17.3. The van der Waals surface area contributed by atoms with E-state index in [2.05, 4.69) is 204 Å². The molecular formula is C56H45NO2. The molecule has 0 fully saturated rings. The van der Waals surface area contributed by atoms with Crippen LogP contribution in [0.2, 0.25) is 0 Å². The summed E-state index contributed by atoms with van der Waals surface area (Å²) >= 11 is 0. The number of ether oxygens (including phenoxy) is 2. The molecule has 1 unspecified atom stereocenters. The Kier molecular flexibility index (Phi) is 7.53. The molecule has 286 valence electrons. The van der Waals surface area contributed by atoms with Gasteiger partial charge in [-0.15, -0.1) is 0 Å². The predicted octanol–water partition coefficient (Wildman–Crippen LogP) is 14.6. The van der Waals surface area contributed by atoms with Crippen molar-refractivity contribution in [1.82, 2.24) is 0 Å². The average Bonchev–Trinajstić information content (AvgIpc) is 3.62. The number of anilines is 3. The van der Waals surface area contributed by atoms with Crippen molar-refractivity contribution in [3.63, 3.8) is 0 Å². The van der Waals surface area contributed by atoms with E-state index in [1.165, 1.54) is 44.5 Å². The van der Waals surface area contributed by atoms with Crippen LogP contribution in [0.15, 0.2) is 188 Å². The van der Waals surface area contributed by atoms with Crippen molar-refractivity contribution in [3.05, 3.63) is 227 Å². The maximum atomic E-state index is 6.88. The standard InChI is InChI=1S/C56H45NO2/c1-7-8-19-43-35(2)58-51-24-15-13-22-46(51)56(43)47-23-14-16-25-52(47)59-53-31-28-38(34-50(53)56)57(36-26-29-41-39-17-9-11-20-44(39)54(3,4)48(41)32-36)37-27-30-42-40-18-10-12-21-45(40)55(5,6)49(42)33-37/h7-34H,1H2,2-6H3/b19-8-. The molecule has 1 spiro atoms. The molecule has 3 nitrogen and oxygen atoms in total. The van der Waals surface area contributed by atoms with Crippen LogP contribution in [-0.2, 0) is 16.2 Å². The third kappa shape index (κ3) is 4.82. The van der Waals surface area contributed by atoms with E-state index in [9.17, 15) is 0 Å². The van der Waals surface area contributed by atoms with Crippen LogP contribution in [0.5, 0.6) is 17.2 Å². The number of hydrogen-bond donors (Lipinski definition) is 0. The molecule has 2 heterocycles. The normalized spacial score (nSPS) is 18.1. The molecule has 59 heavy (non-hydrogen) atoms. The Morgan fingerprint density at radius 1 is 0.458 bits per heavy atom. The van der Waals surface area contributed by atoms with Gasteiger partial charge in [0.2, 0.25) is 0 Å². The van der Waals surface area contributed by atoms with E-state index >= 15 is 0 Å². The number of rotatable bonds is 5. The van der Waals surface area contributed by atoms with E-state index in [-0.39, 0.29) is 10.8 Å². The smallest absolute Gasteiger partial charge is 0.132 e. The summed E-state index contributed by atoms with van der Waals surface area (Å²) in [5, 5.41) is 0. The number of allylic oxidation sites excluding steroid dienone is 5. The van der Waals surface area contributed by atoms with Gasteiger partial charge < -0.3 is 14.4 Å². The van der Waals surface area contributed by atoms with Gasteiger partial charge in [-0.1, -0.05) is 150 Å². The molecule has 0 bridgehead atoms. The highest BCUT2D eigenvalue weighted by molar-refractivity contribution is 5.89. The number of fused-ring (bicyclic) bond motifs is 12. The molecule has 3 heteroatoms. The Morgan fingerprint density at radius 2 is 0.881 bits per heavy atom. The van der Waals surface area contributed by atoms with Crippen molar-refractivity contribution in [2.75, 3.05) is 4.90 Å². The van der Waals surface area contributed by atoms with Gasteiger partial charge in [0.05, 0.1) is 5.41 Å². The first-order valence-corrected chi connectivity index (χ1v) is 20.6. The van der Waals surface area contributed by atoms with Gasteiger partial charge in [-0.3, -0.25) is 0 Å². The Bertz CT molecular complexity index is 2890. The zero-order chi connectivity index (χ0) is 40.3. The van der Waals surface area contributed by atoms with Gasteiger partial charge in [-0.2, -0.15) is 0 Å². The van der Waals surface area contributed by atoms with Gasteiger partial charge in [0.1, 0.15) is 23.0 Å². The van der Waals surface area contributed by atoms with E-state index in [0.717, 1.165) is 62.3 Å². The fourth-order valence-corrected chi connectivity index (χ4v) is 10.8. The Labute approximate surface area is 347 Å². The van der Waals surface area contributed by atoms with E-state index in [4.69, 9.17) is 9.47 Å². The molecule has 7 aromatic rings. The van der Waals surface area contributed by atoms with Crippen LogP contribution in [0.25, 0.3) is 22.3 Å². The lowest BCUT2D eigenvalue weighted by atomic mass is 9.61. The molecule has 2 aliphatic heterocycles. The largest absolute Gasteiger partial charge is 0.461 e. The van der Waals surface area contributed by atoms with Gasteiger partial charge in [0, 0.05) is 50.2 Å². The van der Waals surface area contributed by atoms with Gasteiger partial charge in [0.25, 0.3) is 0 Å². The van der Waals surface area contributed by atoms with Crippen LogP contribution in [0.1, 0.15) is 73.6 Å². The van der Waals surface area contributed by atoms with E-state index in [1.54, 1.807) is 0 Å². The van der Waals surface area contributed by atoms with Gasteiger partial charge in [0.15, 0.2) is 0 Å². The summed E-state index contributed by atoms with van der Waals surface area (Å²) < 4.78 is 13.5. The summed E-state index contributed by atoms with van der Waals surface area (Å²) in [5.41, 5.74) is 17.1. The first kappa shape index (κ1) is 35.3. The van der Waals surface area contributed by atoms with Crippen molar-refractivity contribution < 1.29 is 9.47 Å². The molecule has 0 aromatic heterocycles. The minimum Gasteiger partial charge on any atom is -0.461 e. The highest BCUT2D eigenvalue weighted by atomic mass is 16.5. The number of benzene rings is 7. The third-order valence-electron chi connectivity index (χ3n) is 13.5. The topological polar surface area (TPSA) is 21.7 Å². The van der Waals surface area contributed by atoms with E-state index in [1.807, 2.05) is 12.2 Å². The maximum Gasteiger partial charge on any atom is 0.132 e.